The first-order valence-corrected chi connectivity index (χ1v) is 5.48. The Kier molecular flexibility index (Phi) is 5.53. The van der Waals surface area contributed by atoms with E-state index in [1.807, 2.05) is 0 Å². The van der Waals surface area contributed by atoms with Crippen LogP contribution in [0.4, 0.5) is 5.69 Å². The predicted octanol–water partition coefficient (Wildman–Crippen LogP) is 0.944. The summed E-state index contributed by atoms with van der Waals surface area (Å²) in [5, 5.41) is 16.0. The first kappa shape index (κ1) is 13.9. The molecule has 6 nitrogen and oxygen atoms in total. The summed E-state index contributed by atoms with van der Waals surface area (Å²) >= 11 is 0. The van der Waals surface area contributed by atoms with Crippen LogP contribution >= 0.6 is 0 Å². The van der Waals surface area contributed by atoms with Crippen molar-refractivity contribution in [2.24, 2.45) is 0 Å². The molecule has 0 saturated heterocycles. The Morgan fingerprint density at radius 3 is 2.56 bits per heavy atom. The Hall–Kier alpha value is -2.21. The number of nitro benzene ring substituents is 1. The molecule has 6 heteroatoms. The molecule has 1 rings (SSSR count). The predicted molar refractivity (Wildman–Crippen MR) is 69.1 cm³/mol. The summed E-state index contributed by atoms with van der Waals surface area (Å²) < 4.78 is 0. The third-order valence-electron chi connectivity index (χ3n) is 2.21. The summed E-state index contributed by atoms with van der Waals surface area (Å²) in [5.74, 6) is -0.191. The molecular weight excluding hydrogens is 234 g/mol. The highest BCUT2D eigenvalue weighted by Gasteiger charge is 2.02. The van der Waals surface area contributed by atoms with Gasteiger partial charge in [0, 0.05) is 31.3 Å². The second-order valence-electron chi connectivity index (χ2n) is 3.58. The van der Waals surface area contributed by atoms with Crippen LogP contribution in [0.3, 0.4) is 0 Å². The number of amides is 1. The van der Waals surface area contributed by atoms with Crippen molar-refractivity contribution in [2.45, 2.75) is 0 Å². The Labute approximate surface area is 105 Å². The standard InChI is InChI=1S/C12H15N3O3/c1-13-8-9-14-12(16)7-4-10-2-5-11(6-3-10)15(17)18/h2-7,13H,8-9H2,1H3,(H,14,16). The minimum Gasteiger partial charge on any atom is -0.351 e. The molecule has 2 N–H and O–H groups in total. The molecule has 18 heavy (non-hydrogen) atoms. The number of benzene rings is 1. The fourth-order valence-electron chi connectivity index (χ4n) is 1.25. The van der Waals surface area contributed by atoms with Crippen LogP contribution in [0.25, 0.3) is 6.08 Å². The van der Waals surface area contributed by atoms with Gasteiger partial charge in [0.25, 0.3) is 5.69 Å². The lowest BCUT2D eigenvalue weighted by atomic mass is 10.2. The van der Waals surface area contributed by atoms with Gasteiger partial charge in [-0.1, -0.05) is 0 Å². The molecule has 96 valence electrons. The van der Waals surface area contributed by atoms with E-state index in [0.29, 0.717) is 13.1 Å². The second-order valence-corrected chi connectivity index (χ2v) is 3.58. The average molecular weight is 249 g/mol. The summed E-state index contributed by atoms with van der Waals surface area (Å²) in [6.45, 7) is 1.26. The molecular formula is C12H15N3O3. The van der Waals surface area contributed by atoms with Gasteiger partial charge in [0.1, 0.15) is 0 Å². The smallest absolute Gasteiger partial charge is 0.269 e. The SMILES string of the molecule is CNCCNC(=O)C=Cc1ccc([N+](=O)[O-])cc1. The maximum Gasteiger partial charge on any atom is 0.269 e. The Morgan fingerprint density at radius 1 is 1.33 bits per heavy atom. The van der Waals surface area contributed by atoms with Gasteiger partial charge < -0.3 is 10.6 Å². The van der Waals surface area contributed by atoms with Crippen molar-refractivity contribution >= 4 is 17.7 Å². The van der Waals surface area contributed by atoms with E-state index in [1.165, 1.54) is 18.2 Å². The van der Waals surface area contributed by atoms with Crippen LogP contribution in [0.15, 0.2) is 30.3 Å². The molecule has 1 aromatic carbocycles. The van der Waals surface area contributed by atoms with E-state index in [4.69, 9.17) is 0 Å². The van der Waals surface area contributed by atoms with Crippen molar-refractivity contribution in [1.82, 2.24) is 10.6 Å². The van der Waals surface area contributed by atoms with Gasteiger partial charge >= 0.3 is 0 Å². The summed E-state index contributed by atoms with van der Waals surface area (Å²) in [4.78, 5) is 21.3. The maximum absolute atomic E-state index is 11.3. The number of rotatable bonds is 6. The molecule has 0 fully saturated rings. The van der Waals surface area contributed by atoms with Gasteiger partial charge in [-0.25, -0.2) is 0 Å². The Bertz CT molecular complexity index is 440. The van der Waals surface area contributed by atoms with Gasteiger partial charge in [0.15, 0.2) is 0 Å². The second kappa shape index (κ2) is 7.18. The number of carbonyl (C=O) groups is 1. The summed E-state index contributed by atoms with van der Waals surface area (Å²) in [7, 11) is 1.80. The molecule has 0 aliphatic heterocycles. The Balaban J connectivity index is 2.51. The third kappa shape index (κ3) is 4.75. The quantitative estimate of drug-likeness (QED) is 0.340. The van der Waals surface area contributed by atoms with Crippen molar-refractivity contribution in [1.29, 1.82) is 0 Å². The lowest BCUT2D eigenvalue weighted by Crippen LogP contribution is -2.28. The Morgan fingerprint density at radius 2 is 2.00 bits per heavy atom. The summed E-state index contributed by atoms with van der Waals surface area (Å²) in [5.41, 5.74) is 0.773. The largest absolute Gasteiger partial charge is 0.351 e. The van der Waals surface area contributed by atoms with E-state index < -0.39 is 4.92 Å². The minimum atomic E-state index is -0.460. The van der Waals surface area contributed by atoms with Crippen LogP contribution in [-0.2, 0) is 4.79 Å². The van der Waals surface area contributed by atoms with E-state index in [2.05, 4.69) is 10.6 Å². The molecule has 0 radical (unpaired) electrons. The molecule has 0 unspecified atom stereocenters. The molecule has 0 bridgehead atoms. The molecule has 0 heterocycles. The van der Waals surface area contributed by atoms with Crippen molar-refractivity contribution in [3.05, 3.63) is 46.0 Å². The lowest BCUT2D eigenvalue weighted by molar-refractivity contribution is -0.384. The number of carbonyl (C=O) groups excluding carboxylic acids is 1. The van der Waals surface area contributed by atoms with Crippen molar-refractivity contribution in [3.63, 3.8) is 0 Å². The van der Waals surface area contributed by atoms with E-state index in [9.17, 15) is 14.9 Å². The molecule has 1 aromatic rings. The van der Waals surface area contributed by atoms with Gasteiger partial charge in [0.2, 0.25) is 5.91 Å². The molecule has 1 amide bonds. The number of likely N-dealkylation sites (N-methyl/N-ethyl adjacent to an activating group) is 1. The number of hydrogen-bond acceptors (Lipinski definition) is 4. The molecule has 0 aromatic heterocycles. The summed E-state index contributed by atoms with van der Waals surface area (Å²) in [6.07, 6.45) is 3.01. The number of nitrogens with one attached hydrogen (secondary N) is 2. The van der Waals surface area contributed by atoms with Gasteiger partial charge in [-0.15, -0.1) is 0 Å². The maximum atomic E-state index is 11.3. The van der Waals surface area contributed by atoms with Gasteiger partial charge in [-0.3, -0.25) is 14.9 Å². The van der Waals surface area contributed by atoms with Crippen LogP contribution in [0.2, 0.25) is 0 Å². The van der Waals surface area contributed by atoms with Crippen LogP contribution < -0.4 is 10.6 Å². The highest BCUT2D eigenvalue weighted by molar-refractivity contribution is 5.91. The molecule has 0 atom stereocenters. The zero-order valence-electron chi connectivity index (χ0n) is 10.1. The lowest BCUT2D eigenvalue weighted by Gasteiger charge is -2.00. The molecule has 0 saturated carbocycles. The number of nitro groups is 1. The van der Waals surface area contributed by atoms with Gasteiger partial charge in [-0.05, 0) is 30.8 Å². The first-order valence-electron chi connectivity index (χ1n) is 5.48. The van der Waals surface area contributed by atoms with Gasteiger partial charge in [0.05, 0.1) is 4.92 Å². The van der Waals surface area contributed by atoms with Crippen LogP contribution in [0, 0.1) is 10.1 Å². The van der Waals surface area contributed by atoms with Crippen LogP contribution in [0.5, 0.6) is 0 Å². The van der Waals surface area contributed by atoms with E-state index in [-0.39, 0.29) is 11.6 Å². The van der Waals surface area contributed by atoms with Crippen molar-refractivity contribution < 1.29 is 9.72 Å². The van der Waals surface area contributed by atoms with E-state index in [1.54, 1.807) is 25.3 Å². The van der Waals surface area contributed by atoms with E-state index >= 15 is 0 Å². The first-order chi connectivity index (χ1) is 8.63. The average Bonchev–Trinajstić information content (AvgIpc) is 2.37. The highest BCUT2D eigenvalue weighted by atomic mass is 16.6. The highest BCUT2D eigenvalue weighted by Crippen LogP contribution is 2.12. The normalized spacial score (nSPS) is 10.5. The minimum absolute atomic E-state index is 0.0330. The monoisotopic (exact) mass is 249 g/mol. The van der Waals surface area contributed by atoms with Crippen LogP contribution in [-0.4, -0.2) is 31.0 Å². The van der Waals surface area contributed by atoms with Crippen molar-refractivity contribution in [3.8, 4) is 0 Å². The van der Waals surface area contributed by atoms with Gasteiger partial charge in [-0.2, -0.15) is 0 Å². The fourth-order valence-corrected chi connectivity index (χ4v) is 1.25. The third-order valence-corrected chi connectivity index (χ3v) is 2.21. The van der Waals surface area contributed by atoms with E-state index in [0.717, 1.165) is 5.56 Å². The number of nitrogens with zero attached hydrogens (tertiary/aromatic N) is 1. The molecule has 0 aliphatic carbocycles. The number of hydrogen-bond donors (Lipinski definition) is 2. The fraction of sp³-hybridized carbons (Fsp3) is 0.250. The number of non-ortho nitro benzene ring substituents is 1. The summed E-state index contributed by atoms with van der Waals surface area (Å²) in [6, 6.07) is 5.99. The molecule has 0 spiro atoms. The topological polar surface area (TPSA) is 84.3 Å². The van der Waals surface area contributed by atoms with Crippen molar-refractivity contribution in [2.75, 3.05) is 20.1 Å². The zero-order valence-corrected chi connectivity index (χ0v) is 10.1. The molecule has 0 aliphatic rings. The van der Waals surface area contributed by atoms with Crippen LogP contribution in [0.1, 0.15) is 5.56 Å². The zero-order chi connectivity index (χ0) is 13.4.